The number of methoxy groups -OCH3 is 1. The second-order valence-corrected chi connectivity index (χ2v) is 4.66. The van der Waals surface area contributed by atoms with Crippen molar-refractivity contribution in [1.82, 2.24) is 10.6 Å². The van der Waals surface area contributed by atoms with Crippen LogP contribution in [0.5, 0.6) is 5.75 Å². The average Bonchev–Trinajstić information content (AvgIpc) is 2.43. The Kier molecular flexibility index (Phi) is 6.97. The van der Waals surface area contributed by atoms with Gasteiger partial charge in [-0.05, 0) is 44.0 Å². The van der Waals surface area contributed by atoms with Gasteiger partial charge < -0.3 is 15.4 Å². The molecule has 4 heteroatoms. The topological polar surface area (TPSA) is 50.4 Å². The van der Waals surface area contributed by atoms with E-state index in [2.05, 4.69) is 23.6 Å². The quantitative estimate of drug-likeness (QED) is 0.703. The largest absolute Gasteiger partial charge is 0.497 e. The van der Waals surface area contributed by atoms with Crippen LogP contribution in [0.3, 0.4) is 0 Å². The van der Waals surface area contributed by atoms with E-state index in [-0.39, 0.29) is 11.9 Å². The van der Waals surface area contributed by atoms with Crippen molar-refractivity contribution < 1.29 is 9.53 Å². The maximum atomic E-state index is 11.5. The van der Waals surface area contributed by atoms with Crippen LogP contribution in [-0.4, -0.2) is 32.1 Å². The van der Waals surface area contributed by atoms with Crippen molar-refractivity contribution in [2.24, 2.45) is 0 Å². The molecule has 1 aromatic carbocycles. The van der Waals surface area contributed by atoms with Crippen molar-refractivity contribution in [3.8, 4) is 5.75 Å². The van der Waals surface area contributed by atoms with E-state index in [1.54, 1.807) is 7.11 Å². The molecule has 19 heavy (non-hydrogen) atoms. The summed E-state index contributed by atoms with van der Waals surface area (Å²) in [6.45, 7) is 5.21. The van der Waals surface area contributed by atoms with E-state index in [0.29, 0.717) is 6.54 Å². The Balaban J connectivity index is 2.21. The minimum Gasteiger partial charge on any atom is -0.497 e. The normalized spacial score (nSPS) is 11.9. The summed E-state index contributed by atoms with van der Waals surface area (Å²) in [5, 5.41) is 6.07. The average molecular weight is 264 g/mol. The van der Waals surface area contributed by atoms with Crippen molar-refractivity contribution in [3.63, 3.8) is 0 Å². The summed E-state index contributed by atoms with van der Waals surface area (Å²) >= 11 is 0. The number of hydrogen-bond donors (Lipinski definition) is 2. The zero-order valence-corrected chi connectivity index (χ0v) is 12.0. The number of carbonyl (C=O) groups excluding carboxylic acids is 1. The summed E-state index contributed by atoms with van der Waals surface area (Å²) in [6.07, 6.45) is 1.84. The molecule has 0 saturated carbocycles. The Morgan fingerprint density at radius 2 is 2.21 bits per heavy atom. The van der Waals surface area contributed by atoms with Crippen LogP contribution in [0.25, 0.3) is 0 Å². The van der Waals surface area contributed by atoms with E-state index in [1.807, 2.05) is 25.1 Å². The van der Waals surface area contributed by atoms with Crippen molar-refractivity contribution in [3.05, 3.63) is 29.8 Å². The molecule has 2 N–H and O–H groups in total. The highest BCUT2D eigenvalue weighted by Crippen LogP contribution is 2.12. The van der Waals surface area contributed by atoms with Crippen LogP contribution in [0.2, 0.25) is 0 Å². The highest BCUT2D eigenvalue weighted by atomic mass is 16.5. The highest BCUT2D eigenvalue weighted by molar-refractivity contribution is 5.78. The highest BCUT2D eigenvalue weighted by Gasteiger charge is 2.04. The zero-order chi connectivity index (χ0) is 14.1. The van der Waals surface area contributed by atoms with Crippen molar-refractivity contribution >= 4 is 5.91 Å². The van der Waals surface area contributed by atoms with Crippen LogP contribution in [0.1, 0.15) is 25.8 Å². The smallest absolute Gasteiger partial charge is 0.234 e. The molecule has 0 heterocycles. The molecule has 1 unspecified atom stereocenters. The predicted octanol–water partition coefficient (Wildman–Crippen LogP) is 1.74. The SMILES string of the molecule is CCC(C)NC(=O)CNCCc1cccc(OC)c1. The van der Waals surface area contributed by atoms with Gasteiger partial charge in [-0.3, -0.25) is 4.79 Å². The lowest BCUT2D eigenvalue weighted by molar-refractivity contribution is -0.120. The molecule has 0 saturated heterocycles. The van der Waals surface area contributed by atoms with Crippen LogP contribution in [0.4, 0.5) is 0 Å². The first kappa shape index (κ1) is 15.5. The minimum absolute atomic E-state index is 0.0555. The van der Waals surface area contributed by atoms with Gasteiger partial charge in [-0.15, -0.1) is 0 Å². The van der Waals surface area contributed by atoms with Crippen LogP contribution < -0.4 is 15.4 Å². The second-order valence-electron chi connectivity index (χ2n) is 4.66. The molecule has 1 atom stereocenters. The summed E-state index contributed by atoms with van der Waals surface area (Å²) in [5.41, 5.74) is 1.20. The Labute approximate surface area is 115 Å². The number of carbonyl (C=O) groups is 1. The van der Waals surface area contributed by atoms with Crippen LogP contribution >= 0.6 is 0 Å². The van der Waals surface area contributed by atoms with Crippen molar-refractivity contribution in [2.75, 3.05) is 20.2 Å². The third kappa shape index (κ3) is 6.25. The molecule has 0 bridgehead atoms. The molecule has 0 radical (unpaired) electrons. The molecule has 106 valence electrons. The Hall–Kier alpha value is -1.55. The molecule has 1 aromatic rings. The Bertz CT molecular complexity index is 393. The van der Waals surface area contributed by atoms with Gasteiger partial charge in [0.05, 0.1) is 13.7 Å². The summed E-state index contributed by atoms with van der Waals surface area (Å²) in [5.74, 6) is 0.923. The van der Waals surface area contributed by atoms with Gasteiger partial charge in [-0.25, -0.2) is 0 Å². The molecule has 0 fully saturated rings. The minimum atomic E-state index is 0.0555. The maximum Gasteiger partial charge on any atom is 0.234 e. The van der Waals surface area contributed by atoms with E-state index in [9.17, 15) is 4.79 Å². The lowest BCUT2D eigenvalue weighted by Crippen LogP contribution is -2.39. The first-order valence-corrected chi connectivity index (χ1v) is 6.78. The van der Waals surface area contributed by atoms with E-state index in [4.69, 9.17) is 4.74 Å². The molecule has 4 nitrogen and oxygen atoms in total. The molecule has 1 amide bonds. The predicted molar refractivity (Wildman–Crippen MR) is 77.5 cm³/mol. The van der Waals surface area contributed by atoms with Gasteiger partial charge in [0.15, 0.2) is 0 Å². The standard InChI is InChI=1S/C15H24N2O2/c1-4-12(2)17-15(18)11-16-9-8-13-6-5-7-14(10-13)19-3/h5-7,10,12,16H,4,8-9,11H2,1-3H3,(H,17,18). The number of amides is 1. The van der Waals surface area contributed by atoms with E-state index >= 15 is 0 Å². The molecular weight excluding hydrogens is 240 g/mol. The molecule has 0 aromatic heterocycles. The first-order valence-electron chi connectivity index (χ1n) is 6.78. The summed E-state index contributed by atoms with van der Waals surface area (Å²) in [7, 11) is 1.66. The van der Waals surface area contributed by atoms with E-state index < -0.39 is 0 Å². The van der Waals surface area contributed by atoms with Gasteiger partial charge in [0.2, 0.25) is 5.91 Å². The first-order chi connectivity index (χ1) is 9.15. The van der Waals surface area contributed by atoms with Gasteiger partial charge in [0, 0.05) is 6.04 Å². The van der Waals surface area contributed by atoms with Crippen LogP contribution in [-0.2, 0) is 11.2 Å². The number of rotatable bonds is 8. The van der Waals surface area contributed by atoms with Gasteiger partial charge in [-0.1, -0.05) is 19.1 Å². The van der Waals surface area contributed by atoms with E-state index in [1.165, 1.54) is 5.56 Å². The molecule has 0 aliphatic carbocycles. The molecule has 1 rings (SSSR count). The summed E-state index contributed by atoms with van der Waals surface area (Å²) in [6, 6.07) is 8.22. The summed E-state index contributed by atoms with van der Waals surface area (Å²) in [4.78, 5) is 11.5. The third-order valence-corrected chi connectivity index (χ3v) is 3.03. The van der Waals surface area contributed by atoms with Crippen LogP contribution in [0, 0.1) is 0 Å². The lowest BCUT2D eigenvalue weighted by Gasteiger charge is -2.11. The summed E-state index contributed by atoms with van der Waals surface area (Å²) < 4.78 is 5.17. The van der Waals surface area contributed by atoms with Crippen molar-refractivity contribution in [1.29, 1.82) is 0 Å². The Morgan fingerprint density at radius 1 is 1.42 bits per heavy atom. The number of nitrogens with one attached hydrogen (secondary N) is 2. The number of ether oxygens (including phenoxy) is 1. The molecule has 0 spiro atoms. The monoisotopic (exact) mass is 264 g/mol. The lowest BCUT2D eigenvalue weighted by atomic mass is 10.1. The van der Waals surface area contributed by atoms with Gasteiger partial charge in [0.25, 0.3) is 0 Å². The fraction of sp³-hybridized carbons (Fsp3) is 0.533. The number of benzene rings is 1. The molecule has 0 aliphatic heterocycles. The van der Waals surface area contributed by atoms with Crippen molar-refractivity contribution in [2.45, 2.75) is 32.7 Å². The van der Waals surface area contributed by atoms with E-state index in [0.717, 1.165) is 25.1 Å². The fourth-order valence-corrected chi connectivity index (χ4v) is 1.69. The zero-order valence-electron chi connectivity index (χ0n) is 12.0. The fourth-order valence-electron chi connectivity index (χ4n) is 1.69. The van der Waals surface area contributed by atoms with Gasteiger partial charge in [0.1, 0.15) is 5.75 Å². The maximum absolute atomic E-state index is 11.5. The second kappa shape index (κ2) is 8.53. The van der Waals surface area contributed by atoms with Gasteiger partial charge in [-0.2, -0.15) is 0 Å². The number of hydrogen-bond acceptors (Lipinski definition) is 3. The Morgan fingerprint density at radius 3 is 2.89 bits per heavy atom. The van der Waals surface area contributed by atoms with Gasteiger partial charge >= 0.3 is 0 Å². The molecular formula is C15H24N2O2. The van der Waals surface area contributed by atoms with Crippen LogP contribution in [0.15, 0.2) is 24.3 Å². The molecule has 0 aliphatic rings. The third-order valence-electron chi connectivity index (χ3n) is 3.03.